The molecule has 4 nitrogen and oxygen atoms in total. The molecule has 1 N–H and O–H groups in total. The van der Waals surface area contributed by atoms with Gasteiger partial charge in [-0.05, 0) is 49.6 Å². The van der Waals surface area contributed by atoms with E-state index < -0.39 is 23.0 Å². The lowest BCUT2D eigenvalue weighted by atomic mass is 9.89. The monoisotopic (exact) mass is 314 g/mol. The van der Waals surface area contributed by atoms with Gasteiger partial charge in [0.2, 0.25) is 0 Å². The first kappa shape index (κ1) is 17.0. The number of carbonyl (C=O) groups excluding carboxylic acids is 1. The molecule has 2 aromatic carbocycles. The molecule has 0 fully saturated rings. The molecule has 0 spiro atoms. The number of ether oxygens (including phenoxy) is 1. The molecule has 0 radical (unpaired) electrons. The van der Waals surface area contributed by atoms with Crippen LogP contribution in [0.3, 0.4) is 0 Å². The third-order valence-corrected chi connectivity index (χ3v) is 4.40. The Morgan fingerprint density at radius 3 is 2.22 bits per heavy atom. The molecule has 1 atom stereocenters. The fourth-order valence-electron chi connectivity index (χ4n) is 2.27. The van der Waals surface area contributed by atoms with Gasteiger partial charge in [-0.15, -0.1) is 0 Å². The summed E-state index contributed by atoms with van der Waals surface area (Å²) in [5.74, 6) is -1.93. The van der Waals surface area contributed by atoms with Crippen molar-refractivity contribution in [3.63, 3.8) is 0 Å². The topological polar surface area (TPSA) is 63.6 Å². The fraction of sp³-hybridized carbons (Fsp3) is 0.368. The number of carboxylic acid groups (broad SMARTS) is 1. The molecule has 0 saturated heterocycles. The van der Waals surface area contributed by atoms with Gasteiger partial charge in [-0.2, -0.15) is 0 Å². The highest BCUT2D eigenvalue weighted by molar-refractivity contribution is 5.98. The third-order valence-electron chi connectivity index (χ3n) is 4.40. The van der Waals surface area contributed by atoms with Gasteiger partial charge >= 0.3 is 11.9 Å². The maximum atomic E-state index is 12.3. The Labute approximate surface area is 136 Å². The second-order valence-electron chi connectivity index (χ2n) is 6.47. The van der Waals surface area contributed by atoms with Crippen LogP contribution in [0.5, 0.6) is 0 Å². The molecule has 122 valence electrons. The van der Waals surface area contributed by atoms with Crippen LogP contribution in [-0.2, 0) is 19.9 Å². The largest absolute Gasteiger partial charge is 0.480 e. The van der Waals surface area contributed by atoms with Crippen LogP contribution in [0.4, 0.5) is 0 Å². The van der Waals surface area contributed by atoms with Gasteiger partial charge in [0.15, 0.2) is 5.41 Å². The second-order valence-corrected chi connectivity index (χ2v) is 6.47. The second kappa shape index (κ2) is 6.03. The van der Waals surface area contributed by atoms with Gasteiger partial charge in [-0.1, -0.05) is 43.3 Å². The highest BCUT2D eigenvalue weighted by Gasteiger charge is 2.42. The first-order valence-electron chi connectivity index (χ1n) is 7.67. The van der Waals surface area contributed by atoms with Crippen molar-refractivity contribution in [3.8, 4) is 0 Å². The predicted octanol–water partition coefficient (Wildman–Crippen LogP) is 4.12. The normalized spacial score (nSPS) is 14.3. The standard InChI is InChI=1S/C19H22O4/c1-5-19(4,23-17(22)18(2,3)16(20)21)15-11-10-13-8-6-7-9-14(13)12-15/h6-12H,5H2,1-4H3,(H,20,21). The molecule has 0 aliphatic rings. The van der Waals surface area contributed by atoms with Crippen LogP contribution in [0.25, 0.3) is 10.8 Å². The first-order chi connectivity index (χ1) is 10.7. The Bertz CT molecular complexity index is 748. The van der Waals surface area contributed by atoms with Crippen molar-refractivity contribution in [3.05, 3.63) is 48.0 Å². The van der Waals surface area contributed by atoms with Crippen molar-refractivity contribution in [2.24, 2.45) is 5.41 Å². The zero-order valence-corrected chi connectivity index (χ0v) is 13.9. The molecule has 1 unspecified atom stereocenters. The van der Waals surface area contributed by atoms with Gasteiger partial charge in [-0.25, -0.2) is 0 Å². The Hall–Kier alpha value is -2.36. The summed E-state index contributed by atoms with van der Waals surface area (Å²) >= 11 is 0. The summed E-state index contributed by atoms with van der Waals surface area (Å²) in [5, 5.41) is 11.3. The summed E-state index contributed by atoms with van der Waals surface area (Å²) in [5.41, 5.74) is -1.59. The van der Waals surface area contributed by atoms with E-state index in [2.05, 4.69) is 0 Å². The number of hydrogen-bond acceptors (Lipinski definition) is 3. The molecule has 23 heavy (non-hydrogen) atoms. The number of benzene rings is 2. The van der Waals surface area contributed by atoms with Crippen LogP contribution in [0.15, 0.2) is 42.5 Å². The van der Waals surface area contributed by atoms with Crippen LogP contribution >= 0.6 is 0 Å². The molecule has 2 aromatic rings. The number of hydrogen-bond donors (Lipinski definition) is 1. The minimum absolute atomic E-state index is 0.548. The van der Waals surface area contributed by atoms with Crippen molar-refractivity contribution < 1.29 is 19.4 Å². The molecule has 0 aliphatic heterocycles. The molecule has 4 heteroatoms. The smallest absolute Gasteiger partial charge is 0.323 e. The highest BCUT2D eigenvalue weighted by Crippen LogP contribution is 2.34. The van der Waals surface area contributed by atoms with E-state index in [1.54, 1.807) is 0 Å². The number of esters is 1. The number of fused-ring (bicyclic) bond motifs is 1. The van der Waals surface area contributed by atoms with Crippen molar-refractivity contribution in [2.75, 3.05) is 0 Å². The molecule has 0 aliphatic carbocycles. The average molecular weight is 314 g/mol. The van der Waals surface area contributed by atoms with Gasteiger partial charge in [-0.3, -0.25) is 9.59 Å². The summed E-state index contributed by atoms with van der Waals surface area (Å²) in [6.45, 7) is 6.44. The molecule has 2 rings (SSSR count). The quantitative estimate of drug-likeness (QED) is 0.666. The molecule has 0 heterocycles. The molecule has 0 amide bonds. The van der Waals surface area contributed by atoms with Crippen LogP contribution in [-0.4, -0.2) is 17.0 Å². The molecule has 0 saturated carbocycles. The number of aliphatic carboxylic acids is 1. The van der Waals surface area contributed by atoms with Gasteiger partial charge < -0.3 is 9.84 Å². The van der Waals surface area contributed by atoms with Crippen molar-refractivity contribution in [1.82, 2.24) is 0 Å². The van der Waals surface area contributed by atoms with Crippen LogP contribution in [0.2, 0.25) is 0 Å². The number of rotatable bonds is 5. The molecule has 0 bridgehead atoms. The zero-order valence-electron chi connectivity index (χ0n) is 13.9. The van der Waals surface area contributed by atoms with E-state index in [0.29, 0.717) is 6.42 Å². The maximum absolute atomic E-state index is 12.3. The molecular formula is C19H22O4. The minimum Gasteiger partial charge on any atom is -0.480 e. The number of carbonyl (C=O) groups is 2. The van der Waals surface area contributed by atoms with Crippen molar-refractivity contribution >= 4 is 22.7 Å². The lowest BCUT2D eigenvalue weighted by Crippen LogP contribution is -2.40. The van der Waals surface area contributed by atoms with Gasteiger partial charge in [0.05, 0.1) is 0 Å². The summed E-state index contributed by atoms with van der Waals surface area (Å²) in [6, 6.07) is 13.8. The summed E-state index contributed by atoms with van der Waals surface area (Å²) in [6.07, 6.45) is 0.548. The van der Waals surface area contributed by atoms with Crippen LogP contribution < -0.4 is 0 Å². The van der Waals surface area contributed by atoms with E-state index in [1.165, 1.54) is 13.8 Å². The van der Waals surface area contributed by atoms with E-state index in [1.807, 2.05) is 56.3 Å². The maximum Gasteiger partial charge on any atom is 0.323 e. The molecular weight excluding hydrogens is 292 g/mol. The Balaban J connectivity index is 2.39. The summed E-state index contributed by atoms with van der Waals surface area (Å²) in [4.78, 5) is 23.6. The van der Waals surface area contributed by atoms with E-state index in [-0.39, 0.29) is 0 Å². The lowest BCUT2D eigenvalue weighted by Gasteiger charge is -2.32. The highest BCUT2D eigenvalue weighted by atomic mass is 16.6. The molecule has 0 aromatic heterocycles. The van der Waals surface area contributed by atoms with E-state index in [4.69, 9.17) is 4.74 Å². The zero-order chi connectivity index (χ0) is 17.3. The first-order valence-corrected chi connectivity index (χ1v) is 7.67. The van der Waals surface area contributed by atoms with Crippen molar-refractivity contribution in [1.29, 1.82) is 0 Å². The summed E-state index contributed by atoms with van der Waals surface area (Å²) in [7, 11) is 0. The SMILES string of the molecule is CCC(C)(OC(=O)C(C)(C)C(=O)O)c1ccc2ccccc2c1. The predicted molar refractivity (Wildman–Crippen MR) is 89.1 cm³/mol. The lowest BCUT2D eigenvalue weighted by molar-refractivity contribution is -0.177. The Kier molecular flexibility index (Phi) is 4.46. The van der Waals surface area contributed by atoms with Crippen LogP contribution in [0, 0.1) is 5.41 Å². The van der Waals surface area contributed by atoms with Crippen molar-refractivity contribution in [2.45, 2.75) is 39.7 Å². The number of carboxylic acids is 1. The van der Waals surface area contributed by atoms with Gasteiger partial charge in [0.25, 0.3) is 0 Å². The van der Waals surface area contributed by atoms with Gasteiger partial charge in [0, 0.05) is 0 Å². The average Bonchev–Trinajstić information content (AvgIpc) is 2.53. The fourth-order valence-corrected chi connectivity index (χ4v) is 2.27. The van der Waals surface area contributed by atoms with E-state index in [0.717, 1.165) is 16.3 Å². The van der Waals surface area contributed by atoms with E-state index >= 15 is 0 Å². The van der Waals surface area contributed by atoms with E-state index in [9.17, 15) is 14.7 Å². The Morgan fingerprint density at radius 2 is 1.65 bits per heavy atom. The van der Waals surface area contributed by atoms with Crippen LogP contribution in [0.1, 0.15) is 39.7 Å². The summed E-state index contributed by atoms with van der Waals surface area (Å²) < 4.78 is 5.63. The van der Waals surface area contributed by atoms with Gasteiger partial charge in [0.1, 0.15) is 5.60 Å². The Morgan fingerprint density at radius 1 is 1.04 bits per heavy atom. The minimum atomic E-state index is -1.58. The third kappa shape index (κ3) is 3.21.